The van der Waals surface area contributed by atoms with Crippen LogP contribution in [0.25, 0.3) is 11.3 Å². The lowest BCUT2D eigenvalue weighted by Crippen LogP contribution is -2.38. The molecule has 1 saturated heterocycles. The van der Waals surface area contributed by atoms with Gasteiger partial charge in [-0.2, -0.15) is 5.10 Å². The molecule has 1 aliphatic heterocycles. The van der Waals surface area contributed by atoms with E-state index in [4.69, 9.17) is 16.3 Å². The largest absolute Gasteiger partial charge is 0.493 e. The van der Waals surface area contributed by atoms with E-state index in [1.54, 1.807) is 18.3 Å². The van der Waals surface area contributed by atoms with Crippen molar-refractivity contribution in [1.82, 2.24) is 15.1 Å². The van der Waals surface area contributed by atoms with Crippen molar-refractivity contribution >= 4 is 17.4 Å². The molecule has 3 aromatic rings. The number of nitrogens with one attached hydrogen (secondary N) is 1. The molecule has 2 aromatic carbocycles. The van der Waals surface area contributed by atoms with E-state index in [0.717, 1.165) is 55.9 Å². The molecule has 0 saturated carbocycles. The molecule has 0 aliphatic carbocycles. The summed E-state index contributed by atoms with van der Waals surface area (Å²) in [6, 6.07) is 13.3. The van der Waals surface area contributed by atoms with Crippen LogP contribution in [0, 0.1) is 11.7 Å². The van der Waals surface area contributed by atoms with E-state index >= 15 is 0 Å². The summed E-state index contributed by atoms with van der Waals surface area (Å²) in [6.45, 7) is 3.51. The van der Waals surface area contributed by atoms with E-state index in [1.165, 1.54) is 12.1 Å². The monoisotopic (exact) mass is 455 g/mol. The Bertz CT molecular complexity index is 1020. The molecule has 1 fully saturated rings. The summed E-state index contributed by atoms with van der Waals surface area (Å²) in [4.78, 5) is 14.7. The van der Waals surface area contributed by atoms with Crippen LogP contribution in [0.2, 0.25) is 5.02 Å². The fourth-order valence-electron chi connectivity index (χ4n) is 4.19. The summed E-state index contributed by atoms with van der Waals surface area (Å²) < 4.78 is 19.2. The summed E-state index contributed by atoms with van der Waals surface area (Å²) in [5, 5.41) is 7.65. The number of Topliss-reactive ketones (excluding diaryl/α,β-unsaturated/α-hetero) is 1. The van der Waals surface area contributed by atoms with Crippen molar-refractivity contribution in [3.8, 4) is 17.0 Å². The zero-order chi connectivity index (χ0) is 22.3. The van der Waals surface area contributed by atoms with Gasteiger partial charge in [0.15, 0.2) is 5.78 Å². The van der Waals surface area contributed by atoms with Crippen molar-refractivity contribution in [1.29, 1.82) is 0 Å². The predicted molar refractivity (Wildman–Crippen MR) is 124 cm³/mol. The third kappa shape index (κ3) is 5.96. The predicted octanol–water partition coefficient (Wildman–Crippen LogP) is 5.62. The lowest BCUT2D eigenvalue weighted by Gasteiger charge is -2.32. The van der Waals surface area contributed by atoms with Gasteiger partial charge in [0.2, 0.25) is 0 Å². The molecule has 0 bridgehead atoms. The highest BCUT2D eigenvalue weighted by Crippen LogP contribution is 2.32. The minimum Gasteiger partial charge on any atom is -0.493 e. The number of H-pyrrole nitrogens is 1. The van der Waals surface area contributed by atoms with Crippen molar-refractivity contribution in [3.63, 3.8) is 0 Å². The molecule has 0 radical (unpaired) electrons. The lowest BCUT2D eigenvalue weighted by molar-refractivity contribution is 0.0961. The molecule has 1 N–H and O–H groups in total. The molecule has 32 heavy (non-hydrogen) atoms. The molecular weight excluding hydrogens is 429 g/mol. The van der Waals surface area contributed by atoms with Crippen LogP contribution < -0.4 is 4.74 Å². The first-order valence-corrected chi connectivity index (χ1v) is 11.4. The number of ketones is 1. The van der Waals surface area contributed by atoms with Gasteiger partial charge in [-0.1, -0.05) is 11.6 Å². The highest BCUT2D eigenvalue weighted by Gasteiger charge is 2.21. The summed E-state index contributed by atoms with van der Waals surface area (Å²) in [6.07, 6.45) is 5.22. The van der Waals surface area contributed by atoms with Gasteiger partial charge < -0.3 is 9.64 Å². The smallest absolute Gasteiger partial charge is 0.162 e. The number of hydrogen-bond acceptors (Lipinski definition) is 4. The number of rotatable bonds is 9. The Morgan fingerprint density at radius 3 is 2.84 bits per heavy atom. The number of ether oxygens (including phenoxy) is 1. The Morgan fingerprint density at radius 1 is 1.22 bits per heavy atom. The summed E-state index contributed by atoms with van der Waals surface area (Å²) in [7, 11) is 0. The Morgan fingerprint density at radius 2 is 2.06 bits per heavy atom. The number of likely N-dealkylation sites (tertiary alicyclic amines) is 1. The van der Waals surface area contributed by atoms with Gasteiger partial charge in [-0.05, 0) is 80.9 Å². The topological polar surface area (TPSA) is 58.2 Å². The number of piperidine rings is 1. The molecule has 1 unspecified atom stereocenters. The molecule has 1 atom stereocenters. The maximum atomic E-state index is 13.0. The van der Waals surface area contributed by atoms with Crippen LogP contribution in [0.15, 0.2) is 54.7 Å². The van der Waals surface area contributed by atoms with Gasteiger partial charge in [0, 0.05) is 41.2 Å². The number of aromatic amines is 1. The molecule has 0 amide bonds. The van der Waals surface area contributed by atoms with Crippen LogP contribution in [0.3, 0.4) is 0 Å². The fraction of sp³-hybridized carbons (Fsp3) is 0.360. The zero-order valence-electron chi connectivity index (χ0n) is 17.9. The molecule has 1 aromatic heterocycles. The number of aromatic nitrogens is 2. The van der Waals surface area contributed by atoms with E-state index in [1.807, 2.05) is 24.3 Å². The molecule has 7 heteroatoms. The van der Waals surface area contributed by atoms with Gasteiger partial charge in [0.05, 0.1) is 12.3 Å². The molecular formula is C25H27ClFN3O2. The second-order valence-electron chi connectivity index (χ2n) is 8.26. The average Bonchev–Trinajstić information content (AvgIpc) is 3.34. The van der Waals surface area contributed by atoms with E-state index in [0.29, 0.717) is 29.5 Å². The van der Waals surface area contributed by atoms with Gasteiger partial charge in [-0.15, -0.1) is 0 Å². The number of carbonyl (C=O) groups is 1. The third-order valence-electron chi connectivity index (χ3n) is 5.85. The highest BCUT2D eigenvalue weighted by molar-refractivity contribution is 6.30. The van der Waals surface area contributed by atoms with E-state index < -0.39 is 0 Å². The van der Waals surface area contributed by atoms with E-state index in [2.05, 4.69) is 15.1 Å². The van der Waals surface area contributed by atoms with Crippen LogP contribution in [-0.2, 0) is 0 Å². The molecule has 1 aliphatic rings. The maximum Gasteiger partial charge on any atom is 0.162 e. The first-order valence-electron chi connectivity index (χ1n) is 11.0. The first kappa shape index (κ1) is 22.5. The Kier molecular flexibility index (Phi) is 7.55. The lowest BCUT2D eigenvalue weighted by atomic mass is 9.98. The van der Waals surface area contributed by atoms with E-state index in [9.17, 15) is 9.18 Å². The van der Waals surface area contributed by atoms with Crippen molar-refractivity contribution in [2.75, 3.05) is 26.2 Å². The molecule has 168 valence electrons. The molecule has 0 spiro atoms. The SMILES string of the molecule is O=C(CCCN1CCCC(COc2ccc(Cl)cc2-c2ccn[nH]2)C1)c1ccc(F)cc1. The van der Waals surface area contributed by atoms with Crippen LogP contribution in [0.5, 0.6) is 5.75 Å². The van der Waals surface area contributed by atoms with Gasteiger partial charge in [-0.25, -0.2) is 4.39 Å². The van der Waals surface area contributed by atoms with Gasteiger partial charge >= 0.3 is 0 Å². The minimum atomic E-state index is -0.321. The Labute approximate surface area is 192 Å². The molecule has 4 rings (SSSR count). The van der Waals surface area contributed by atoms with Gasteiger partial charge in [0.25, 0.3) is 0 Å². The maximum absolute atomic E-state index is 13.0. The number of hydrogen-bond donors (Lipinski definition) is 1. The quantitative estimate of drug-likeness (QED) is 0.425. The standard InChI is InChI=1S/C25H27ClFN3O2/c26-20-7-10-25(22(15-20)23-11-12-28-29-23)32-17-18-3-1-13-30(16-18)14-2-4-24(31)19-5-8-21(27)9-6-19/h5-12,15,18H,1-4,13-14,16-17H2,(H,28,29). The number of carbonyl (C=O) groups excluding carboxylic acids is 1. The Balaban J connectivity index is 1.26. The van der Waals surface area contributed by atoms with E-state index in [-0.39, 0.29) is 11.6 Å². The Hall–Kier alpha value is -2.70. The van der Waals surface area contributed by atoms with Gasteiger partial charge in [0.1, 0.15) is 11.6 Å². The van der Waals surface area contributed by atoms with Crippen LogP contribution in [-0.4, -0.2) is 47.1 Å². The zero-order valence-corrected chi connectivity index (χ0v) is 18.7. The second kappa shape index (κ2) is 10.7. The number of benzene rings is 2. The summed E-state index contributed by atoms with van der Waals surface area (Å²) >= 11 is 6.18. The molecule has 2 heterocycles. The summed E-state index contributed by atoms with van der Waals surface area (Å²) in [5.74, 6) is 0.969. The first-order chi connectivity index (χ1) is 15.6. The highest BCUT2D eigenvalue weighted by atomic mass is 35.5. The van der Waals surface area contributed by atoms with Crippen LogP contribution in [0.1, 0.15) is 36.0 Å². The normalized spacial score (nSPS) is 16.8. The summed E-state index contributed by atoms with van der Waals surface area (Å²) in [5.41, 5.74) is 2.35. The third-order valence-corrected chi connectivity index (χ3v) is 6.09. The average molecular weight is 456 g/mol. The fourth-order valence-corrected chi connectivity index (χ4v) is 4.36. The van der Waals surface area contributed by atoms with Crippen molar-refractivity contribution < 1.29 is 13.9 Å². The van der Waals surface area contributed by atoms with Crippen LogP contribution in [0.4, 0.5) is 4.39 Å². The van der Waals surface area contributed by atoms with Gasteiger partial charge in [-0.3, -0.25) is 9.89 Å². The minimum absolute atomic E-state index is 0.0657. The van der Waals surface area contributed by atoms with Crippen molar-refractivity contribution in [2.45, 2.75) is 25.7 Å². The van der Waals surface area contributed by atoms with Crippen molar-refractivity contribution in [3.05, 3.63) is 71.1 Å². The number of halogens is 2. The van der Waals surface area contributed by atoms with Crippen LogP contribution >= 0.6 is 11.6 Å². The second-order valence-corrected chi connectivity index (χ2v) is 8.70. The molecule has 5 nitrogen and oxygen atoms in total. The van der Waals surface area contributed by atoms with Crippen molar-refractivity contribution in [2.24, 2.45) is 5.92 Å². The number of nitrogens with zero attached hydrogens (tertiary/aromatic N) is 2.